The van der Waals surface area contributed by atoms with Gasteiger partial charge in [-0.3, -0.25) is 9.52 Å². The van der Waals surface area contributed by atoms with Crippen molar-refractivity contribution >= 4 is 49.1 Å². The predicted octanol–water partition coefficient (Wildman–Crippen LogP) is 3.57. The summed E-state index contributed by atoms with van der Waals surface area (Å²) in [7, 11) is -2.74. The number of carbonyl (C=O) groups excluding carboxylic acids is 1. The molecule has 1 heterocycles. The Hall–Kier alpha value is -2.01. The summed E-state index contributed by atoms with van der Waals surface area (Å²) in [5.41, 5.74) is -0.394. The van der Waals surface area contributed by atoms with Crippen molar-refractivity contribution in [2.75, 3.05) is 25.0 Å². The van der Waals surface area contributed by atoms with Crippen LogP contribution >= 0.6 is 27.5 Å². The van der Waals surface area contributed by atoms with E-state index >= 15 is 0 Å². The third-order valence-corrected chi connectivity index (χ3v) is 6.86. The number of benzene rings is 2. The first-order valence-corrected chi connectivity index (χ1v) is 11.6. The second-order valence-electron chi connectivity index (χ2n) is 6.82. The molecule has 1 amide bonds. The van der Waals surface area contributed by atoms with E-state index in [0.717, 1.165) is 12.8 Å². The number of ether oxygens (including phenoxy) is 1. The highest BCUT2D eigenvalue weighted by Crippen LogP contribution is 2.36. The van der Waals surface area contributed by atoms with E-state index in [1.165, 1.54) is 30.3 Å². The Morgan fingerprint density at radius 2 is 2.07 bits per heavy atom. The molecule has 1 atom stereocenters. The van der Waals surface area contributed by atoms with Gasteiger partial charge in [0.2, 0.25) is 0 Å². The molecule has 2 aromatic rings. The molecule has 3 N–H and O–H groups in total. The van der Waals surface area contributed by atoms with Gasteiger partial charge in [0.25, 0.3) is 15.9 Å². The fourth-order valence-electron chi connectivity index (χ4n) is 3.37. The van der Waals surface area contributed by atoms with Crippen LogP contribution in [0.4, 0.5) is 5.69 Å². The highest BCUT2D eigenvalue weighted by molar-refractivity contribution is 9.10. The zero-order valence-electron chi connectivity index (χ0n) is 15.9. The van der Waals surface area contributed by atoms with Crippen molar-refractivity contribution in [1.29, 1.82) is 0 Å². The van der Waals surface area contributed by atoms with E-state index in [1.54, 1.807) is 12.0 Å². The molecule has 11 heteroatoms. The summed E-state index contributed by atoms with van der Waals surface area (Å²) in [6, 6.07) is 6.25. The summed E-state index contributed by atoms with van der Waals surface area (Å²) in [6.07, 6.45) is 1.56. The zero-order chi connectivity index (χ0) is 22.1. The Morgan fingerprint density at radius 3 is 2.77 bits per heavy atom. The molecule has 0 spiro atoms. The number of sulfonamides is 1. The molecule has 1 aliphatic heterocycles. The molecule has 1 aliphatic rings. The van der Waals surface area contributed by atoms with Gasteiger partial charge in [0.1, 0.15) is 10.6 Å². The monoisotopic (exact) mass is 518 g/mol. The van der Waals surface area contributed by atoms with Gasteiger partial charge in [-0.15, -0.1) is 0 Å². The summed E-state index contributed by atoms with van der Waals surface area (Å²) in [4.78, 5) is 14.2. The molecule has 3 rings (SSSR count). The minimum atomic E-state index is -4.28. The van der Waals surface area contributed by atoms with E-state index < -0.39 is 32.3 Å². The van der Waals surface area contributed by atoms with Crippen LogP contribution in [0.1, 0.15) is 23.2 Å². The van der Waals surface area contributed by atoms with Gasteiger partial charge in [-0.25, -0.2) is 8.42 Å². The van der Waals surface area contributed by atoms with Crippen molar-refractivity contribution in [2.24, 2.45) is 0 Å². The minimum absolute atomic E-state index is 0.0646. The normalized spacial score (nSPS) is 16.6. The molecule has 0 bridgehead atoms. The van der Waals surface area contributed by atoms with Gasteiger partial charge in [-0.1, -0.05) is 27.5 Å². The first-order chi connectivity index (χ1) is 14.1. The number of amides is 1. The molecule has 2 aromatic carbocycles. The smallest absolute Gasteiger partial charge is 0.265 e. The molecule has 0 radical (unpaired) electrons. The molecule has 0 saturated carbocycles. The summed E-state index contributed by atoms with van der Waals surface area (Å²) in [5, 5.41) is 20.7. The minimum Gasteiger partial charge on any atom is -0.507 e. The summed E-state index contributed by atoms with van der Waals surface area (Å²) >= 11 is 9.26. The number of hydrogen-bond acceptors (Lipinski definition) is 6. The number of likely N-dealkylation sites (tertiary alicyclic amines) is 1. The van der Waals surface area contributed by atoms with Gasteiger partial charge >= 0.3 is 0 Å². The molecular formula is C19H20BrClN2O6S. The largest absolute Gasteiger partial charge is 0.507 e. The number of aromatic hydroxyl groups is 2. The van der Waals surface area contributed by atoms with E-state index in [9.17, 15) is 23.4 Å². The van der Waals surface area contributed by atoms with Crippen molar-refractivity contribution in [2.45, 2.75) is 23.8 Å². The molecule has 0 aromatic heterocycles. The number of hydrogen-bond donors (Lipinski definition) is 3. The van der Waals surface area contributed by atoms with Gasteiger partial charge in [0, 0.05) is 23.1 Å². The topological polar surface area (TPSA) is 116 Å². The highest BCUT2D eigenvalue weighted by atomic mass is 79.9. The standard InChI is InChI=1S/C19H20BrClN2O6S/c1-29-10-13-3-2-6-23(13)19(26)14-8-12(21)9-15(18(14)25)22-30(27,28)17-7-11(20)4-5-16(17)24/h4-5,7-9,13,22,24-25H,2-3,6,10H2,1H3/t13-/m0/s1. The fraction of sp³-hybridized carbons (Fsp3) is 0.316. The molecule has 8 nitrogen and oxygen atoms in total. The number of nitrogens with one attached hydrogen (secondary N) is 1. The number of nitrogens with zero attached hydrogens (tertiary/aromatic N) is 1. The average molecular weight is 520 g/mol. The van der Waals surface area contributed by atoms with Crippen LogP contribution in [0.2, 0.25) is 5.02 Å². The molecule has 0 aliphatic carbocycles. The SMILES string of the molecule is COC[C@@H]1CCCN1C(=O)c1cc(Cl)cc(NS(=O)(=O)c2cc(Br)ccc2O)c1O. The van der Waals surface area contributed by atoms with Crippen LogP contribution in [0, 0.1) is 0 Å². The van der Waals surface area contributed by atoms with Crippen LogP contribution in [-0.4, -0.2) is 55.7 Å². The number of phenolic OH excluding ortho intramolecular Hbond substituents is 2. The first-order valence-electron chi connectivity index (χ1n) is 8.98. The van der Waals surface area contributed by atoms with Crippen molar-refractivity contribution in [1.82, 2.24) is 4.90 Å². The number of carbonyl (C=O) groups is 1. The number of phenols is 2. The van der Waals surface area contributed by atoms with E-state index in [1.807, 2.05) is 0 Å². The average Bonchev–Trinajstić information content (AvgIpc) is 3.14. The van der Waals surface area contributed by atoms with E-state index in [-0.39, 0.29) is 22.3 Å². The number of rotatable bonds is 6. The van der Waals surface area contributed by atoms with Crippen LogP contribution in [-0.2, 0) is 14.8 Å². The van der Waals surface area contributed by atoms with Gasteiger partial charge in [-0.2, -0.15) is 0 Å². The van der Waals surface area contributed by atoms with Crippen molar-refractivity contribution in [3.05, 3.63) is 45.4 Å². The van der Waals surface area contributed by atoms with Gasteiger partial charge in [0.05, 0.1) is 23.9 Å². The molecular weight excluding hydrogens is 500 g/mol. The Balaban J connectivity index is 1.97. The van der Waals surface area contributed by atoms with E-state index in [0.29, 0.717) is 17.6 Å². The molecule has 30 heavy (non-hydrogen) atoms. The van der Waals surface area contributed by atoms with Gasteiger partial charge in [-0.05, 0) is 43.2 Å². The summed E-state index contributed by atoms with van der Waals surface area (Å²) in [5.74, 6) is -1.49. The van der Waals surface area contributed by atoms with Crippen LogP contribution < -0.4 is 4.72 Å². The maximum absolute atomic E-state index is 13.0. The summed E-state index contributed by atoms with van der Waals surface area (Å²) < 4.78 is 33.3. The van der Waals surface area contributed by atoms with Crippen LogP contribution in [0.5, 0.6) is 11.5 Å². The number of halogens is 2. The van der Waals surface area contributed by atoms with Crippen molar-refractivity contribution in [3.8, 4) is 11.5 Å². The maximum atomic E-state index is 13.0. The zero-order valence-corrected chi connectivity index (χ0v) is 19.1. The highest BCUT2D eigenvalue weighted by Gasteiger charge is 2.32. The number of methoxy groups -OCH3 is 1. The van der Waals surface area contributed by atoms with Crippen molar-refractivity contribution < 1.29 is 28.2 Å². The van der Waals surface area contributed by atoms with Gasteiger partial charge < -0.3 is 19.8 Å². The Kier molecular flexibility index (Phi) is 6.81. The summed E-state index contributed by atoms with van der Waals surface area (Å²) in [6.45, 7) is 0.848. The number of anilines is 1. The van der Waals surface area contributed by atoms with E-state index in [2.05, 4.69) is 20.7 Å². The van der Waals surface area contributed by atoms with Crippen LogP contribution in [0.3, 0.4) is 0 Å². The molecule has 0 unspecified atom stereocenters. The lowest BCUT2D eigenvalue weighted by Gasteiger charge is -2.25. The van der Waals surface area contributed by atoms with Crippen LogP contribution in [0.15, 0.2) is 39.7 Å². The Morgan fingerprint density at radius 1 is 1.33 bits per heavy atom. The second-order valence-corrected chi connectivity index (χ2v) is 9.82. The quantitative estimate of drug-likeness (QED) is 0.503. The molecule has 1 fully saturated rings. The lowest BCUT2D eigenvalue weighted by atomic mass is 10.1. The fourth-order valence-corrected chi connectivity index (χ4v) is 5.28. The Labute approximate surface area is 187 Å². The first kappa shape index (κ1) is 22.7. The van der Waals surface area contributed by atoms with E-state index in [4.69, 9.17) is 16.3 Å². The molecule has 162 valence electrons. The maximum Gasteiger partial charge on any atom is 0.265 e. The lowest BCUT2D eigenvalue weighted by Crippen LogP contribution is -2.38. The third-order valence-electron chi connectivity index (χ3n) is 4.76. The third kappa shape index (κ3) is 4.66. The Bertz CT molecular complexity index is 1080. The van der Waals surface area contributed by atoms with Gasteiger partial charge in [0.15, 0.2) is 5.75 Å². The predicted molar refractivity (Wildman–Crippen MR) is 116 cm³/mol. The second kappa shape index (κ2) is 9.01. The van der Waals surface area contributed by atoms with Crippen LogP contribution in [0.25, 0.3) is 0 Å². The molecule has 1 saturated heterocycles. The lowest BCUT2D eigenvalue weighted by molar-refractivity contribution is 0.0628. The van der Waals surface area contributed by atoms with Crippen molar-refractivity contribution in [3.63, 3.8) is 0 Å².